The second kappa shape index (κ2) is 11.0. The van der Waals surface area contributed by atoms with Crippen LogP contribution in [-0.4, -0.2) is 74.6 Å². The molecule has 0 radical (unpaired) electrons. The van der Waals surface area contributed by atoms with Crippen molar-refractivity contribution in [3.8, 4) is 0 Å². The molecule has 2 amide bonds. The molecule has 1 aromatic rings. The largest absolute Gasteiger partial charge is 0.383 e. The summed E-state index contributed by atoms with van der Waals surface area (Å²) >= 11 is 0. The van der Waals surface area contributed by atoms with Crippen LogP contribution in [0, 0.1) is 5.82 Å². The van der Waals surface area contributed by atoms with Gasteiger partial charge in [-0.25, -0.2) is 4.39 Å². The van der Waals surface area contributed by atoms with Crippen molar-refractivity contribution in [1.82, 2.24) is 15.1 Å². The van der Waals surface area contributed by atoms with Crippen LogP contribution < -0.4 is 5.32 Å². The van der Waals surface area contributed by atoms with Gasteiger partial charge in [-0.3, -0.25) is 9.59 Å². The minimum atomic E-state index is -0.422. The molecule has 1 saturated heterocycles. The number of hydrogen-bond donors (Lipinski definition) is 1. The van der Waals surface area contributed by atoms with Crippen molar-refractivity contribution in [2.75, 3.05) is 53.0 Å². The molecule has 140 valence electrons. The van der Waals surface area contributed by atoms with Crippen molar-refractivity contribution in [1.29, 1.82) is 0 Å². The molecule has 0 aromatic heterocycles. The molecule has 0 aliphatic carbocycles. The molecule has 0 atom stereocenters. The van der Waals surface area contributed by atoms with Gasteiger partial charge >= 0.3 is 0 Å². The summed E-state index contributed by atoms with van der Waals surface area (Å²) in [6.07, 6.45) is 0.713. The first-order valence-corrected chi connectivity index (χ1v) is 8.14. The van der Waals surface area contributed by atoms with E-state index in [0.29, 0.717) is 51.3 Å². The average Bonchev–Trinajstić information content (AvgIpc) is 2.84. The molecule has 1 aliphatic heterocycles. The standard InChI is InChI=1S/C17H24FN3O3.ClH/c1-24-11-6-19-13-16(22)20-7-3-8-21(10-9-20)17(23)14-4-2-5-15(18)12-14;/h2,4-5,12,19H,3,6-11,13H2,1H3;1H. The van der Waals surface area contributed by atoms with Crippen LogP contribution in [0.5, 0.6) is 0 Å². The summed E-state index contributed by atoms with van der Waals surface area (Å²) in [6, 6.07) is 5.70. The third-order valence-corrected chi connectivity index (χ3v) is 3.97. The Balaban J connectivity index is 0.00000312. The predicted molar refractivity (Wildman–Crippen MR) is 95.5 cm³/mol. The number of ether oxygens (including phenoxy) is 1. The monoisotopic (exact) mass is 373 g/mol. The van der Waals surface area contributed by atoms with E-state index in [9.17, 15) is 14.0 Å². The van der Waals surface area contributed by atoms with E-state index in [1.54, 1.807) is 23.0 Å². The fraction of sp³-hybridized carbons (Fsp3) is 0.529. The zero-order chi connectivity index (χ0) is 17.4. The number of nitrogens with one attached hydrogen (secondary N) is 1. The third kappa shape index (κ3) is 6.61. The van der Waals surface area contributed by atoms with Crippen LogP contribution in [-0.2, 0) is 9.53 Å². The van der Waals surface area contributed by atoms with Crippen LogP contribution in [0.15, 0.2) is 24.3 Å². The van der Waals surface area contributed by atoms with Crippen molar-refractivity contribution in [3.63, 3.8) is 0 Å². The first-order valence-electron chi connectivity index (χ1n) is 8.14. The average molecular weight is 374 g/mol. The number of hydrogen-bond acceptors (Lipinski definition) is 4. The molecule has 2 rings (SSSR count). The van der Waals surface area contributed by atoms with Crippen molar-refractivity contribution in [2.24, 2.45) is 0 Å². The number of halogens is 2. The van der Waals surface area contributed by atoms with Gasteiger partial charge in [0.25, 0.3) is 5.91 Å². The lowest BCUT2D eigenvalue weighted by atomic mass is 10.2. The van der Waals surface area contributed by atoms with E-state index in [0.717, 1.165) is 0 Å². The minimum absolute atomic E-state index is 0. The lowest BCUT2D eigenvalue weighted by Crippen LogP contribution is -2.41. The van der Waals surface area contributed by atoms with Crippen molar-refractivity contribution in [2.45, 2.75) is 6.42 Å². The summed E-state index contributed by atoms with van der Waals surface area (Å²) in [7, 11) is 1.61. The highest BCUT2D eigenvalue weighted by molar-refractivity contribution is 5.94. The van der Waals surface area contributed by atoms with Crippen LogP contribution >= 0.6 is 12.4 Å². The molecule has 0 unspecified atom stereocenters. The Morgan fingerprint density at radius 2 is 1.92 bits per heavy atom. The van der Waals surface area contributed by atoms with Crippen molar-refractivity contribution >= 4 is 24.2 Å². The Labute approximate surface area is 153 Å². The Bertz CT molecular complexity index is 574. The van der Waals surface area contributed by atoms with E-state index in [2.05, 4.69) is 5.32 Å². The van der Waals surface area contributed by atoms with Crippen molar-refractivity contribution in [3.05, 3.63) is 35.6 Å². The zero-order valence-electron chi connectivity index (χ0n) is 14.4. The van der Waals surface area contributed by atoms with Crippen LogP contribution in [0.3, 0.4) is 0 Å². The van der Waals surface area contributed by atoms with E-state index >= 15 is 0 Å². The van der Waals surface area contributed by atoms with Crippen LogP contribution in [0.1, 0.15) is 16.8 Å². The molecule has 1 aromatic carbocycles. The van der Waals surface area contributed by atoms with E-state index < -0.39 is 5.82 Å². The molecule has 1 fully saturated rings. The van der Waals surface area contributed by atoms with E-state index in [4.69, 9.17) is 4.74 Å². The maximum atomic E-state index is 13.3. The second-order valence-corrected chi connectivity index (χ2v) is 5.71. The van der Waals surface area contributed by atoms with Gasteiger partial charge in [0.15, 0.2) is 0 Å². The van der Waals surface area contributed by atoms with Crippen LogP contribution in [0.25, 0.3) is 0 Å². The molecule has 0 spiro atoms. The molecular formula is C17H25ClFN3O3. The van der Waals surface area contributed by atoms with Gasteiger partial charge in [0.05, 0.1) is 13.2 Å². The summed E-state index contributed by atoms with van der Waals surface area (Å²) in [4.78, 5) is 28.1. The molecule has 0 bridgehead atoms. The summed E-state index contributed by atoms with van der Waals surface area (Å²) in [6.45, 7) is 3.59. The van der Waals surface area contributed by atoms with Crippen LogP contribution in [0.2, 0.25) is 0 Å². The molecular weight excluding hydrogens is 349 g/mol. The van der Waals surface area contributed by atoms with Crippen molar-refractivity contribution < 1.29 is 18.7 Å². The fourth-order valence-electron chi connectivity index (χ4n) is 2.66. The summed E-state index contributed by atoms with van der Waals surface area (Å²) in [5.41, 5.74) is 0.344. The van der Waals surface area contributed by atoms with Crippen LogP contribution in [0.4, 0.5) is 4.39 Å². The maximum absolute atomic E-state index is 13.3. The normalized spacial score (nSPS) is 14.6. The number of carbonyl (C=O) groups is 2. The zero-order valence-corrected chi connectivity index (χ0v) is 15.2. The topological polar surface area (TPSA) is 61.9 Å². The SMILES string of the molecule is COCCNCC(=O)N1CCCN(C(=O)c2cccc(F)c2)CC1.Cl. The first-order chi connectivity index (χ1) is 11.6. The number of rotatable bonds is 6. The molecule has 8 heteroatoms. The molecule has 0 saturated carbocycles. The van der Waals surface area contributed by atoms with E-state index in [1.165, 1.54) is 18.2 Å². The van der Waals surface area contributed by atoms with Gasteiger partial charge in [0.1, 0.15) is 5.82 Å². The number of benzene rings is 1. The summed E-state index contributed by atoms with van der Waals surface area (Å²) in [5, 5.41) is 3.03. The molecule has 6 nitrogen and oxygen atoms in total. The lowest BCUT2D eigenvalue weighted by molar-refractivity contribution is -0.130. The highest BCUT2D eigenvalue weighted by atomic mass is 35.5. The number of amides is 2. The molecule has 1 N–H and O–H groups in total. The minimum Gasteiger partial charge on any atom is -0.383 e. The highest BCUT2D eigenvalue weighted by Crippen LogP contribution is 2.11. The number of carbonyl (C=O) groups excluding carboxylic acids is 2. The van der Waals surface area contributed by atoms with Gasteiger partial charge in [0, 0.05) is 45.4 Å². The summed E-state index contributed by atoms with van der Waals surface area (Å²) < 4.78 is 18.2. The second-order valence-electron chi connectivity index (χ2n) is 5.71. The van der Waals surface area contributed by atoms with Gasteiger partial charge in [-0.15, -0.1) is 12.4 Å². The smallest absolute Gasteiger partial charge is 0.254 e. The summed E-state index contributed by atoms with van der Waals surface area (Å²) in [5.74, 6) is -0.595. The first kappa shape index (κ1) is 21.3. The van der Waals surface area contributed by atoms with Gasteiger partial charge in [-0.05, 0) is 24.6 Å². The Morgan fingerprint density at radius 3 is 2.64 bits per heavy atom. The highest BCUT2D eigenvalue weighted by Gasteiger charge is 2.22. The van der Waals surface area contributed by atoms with Gasteiger partial charge in [-0.1, -0.05) is 6.07 Å². The van der Waals surface area contributed by atoms with Gasteiger partial charge < -0.3 is 19.9 Å². The van der Waals surface area contributed by atoms with Gasteiger partial charge in [-0.2, -0.15) is 0 Å². The number of methoxy groups -OCH3 is 1. The van der Waals surface area contributed by atoms with Gasteiger partial charge in [0.2, 0.25) is 5.91 Å². The quantitative estimate of drug-likeness (QED) is 0.760. The number of nitrogens with zero attached hydrogens (tertiary/aromatic N) is 2. The fourth-order valence-corrected chi connectivity index (χ4v) is 2.66. The molecule has 1 heterocycles. The molecule has 1 aliphatic rings. The lowest BCUT2D eigenvalue weighted by Gasteiger charge is -2.22. The Morgan fingerprint density at radius 1 is 1.20 bits per heavy atom. The third-order valence-electron chi connectivity index (χ3n) is 3.97. The van der Waals surface area contributed by atoms with E-state index in [1.807, 2.05) is 0 Å². The van der Waals surface area contributed by atoms with E-state index in [-0.39, 0.29) is 30.8 Å². The predicted octanol–water partition coefficient (Wildman–Crippen LogP) is 1.16. The Hall–Kier alpha value is -1.70. The Kier molecular flexibility index (Phi) is 9.41. The maximum Gasteiger partial charge on any atom is 0.254 e. The molecule has 25 heavy (non-hydrogen) atoms.